The van der Waals surface area contributed by atoms with E-state index >= 15 is 8.78 Å². The molecule has 0 radical (unpaired) electrons. The predicted octanol–water partition coefficient (Wildman–Crippen LogP) is 5.49. The lowest BCUT2D eigenvalue weighted by Gasteiger charge is -2.33. The summed E-state index contributed by atoms with van der Waals surface area (Å²) >= 11 is 0. The summed E-state index contributed by atoms with van der Waals surface area (Å²) in [5.41, 5.74) is 1.93. The maximum absolute atomic E-state index is 15.7. The van der Waals surface area contributed by atoms with Gasteiger partial charge in [0.1, 0.15) is 18.4 Å². The molecular formula is C37H45F2N3O7. The van der Waals surface area contributed by atoms with E-state index in [0.29, 0.717) is 23.5 Å². The minimum Gasteiger partial charge on any atom is -0.489 e. The van der Waals surface area contributed by atoms with Crippen LogP contribution >= 0.6 is 0 Å². The molecule has 3 aromatic carbocycles. The van der Waals surface area contributed by atoms with Gasteiger partial charge in [0.2, 0.25) is 11.7 Å². The number of Topliss-reactive ketones (excluding diaryl/α,β-unsaturated/α-hetero) is 1. The van der Waals surface area contributed by atoms with Gasteiger partial charge in [-0.2, -0.15) is 8.78 Å². The highest BCUT2D eigenvalue weighted by molar-refractivity contribution is 6.10. The van der Waals surface area contributed by atoms with Crippen molar-refractivity contribution >= 4 is 23.7 Å². The van der Waals surface area contributed by atoms with E-state index in [2.05, 4.69) is 10.6 Å². The van der Waals surface area contributed by atoms with Crippen LogP contribution in [0.4, 0.5) is 13.6 Å². The maximum Gasteiger partial charge on any atom is 0.408 e. The summed E-state index contributed by atoms with van der Waals surface area (Å²) in [7, 11) is 1.36. The maximum atomic E-state index is 15.7. The average Bonchev–Trinajstić information content (AvgIpc) is 3.07. The highest BCUT2D eigenvalue weighted by Gasteiger charge is 2.51. The Kier molecular flexibility index (Phi) is 14.2. The molecule has 0 aliphatic rings. The quantitative estimate of drug-likeness (QED) is 0.151. The molecule has 3 amide bonds. The Morgan fingerprint density at radius 3 is 1.88 bits per heavy atom. The summed E-state index contributed by atoms with van der Waals surface area (Å²) in [4.78, 5) is 53.5. The molecule has 0 unspecified atom stereocenters. The fourth-order valence-electron chi connectivity index (χ4n) is 5.20. The van der Waals surface area contributed by atoms with Crippen LogP contribution in [0.3, 0.4) is 0 Å². The normalized spacial score (nSPS) is 13.3. The first-order valence-electron chi connectivity index (χ1n) is 16.1. The largest absolute Gasteiger partial charge is 0.489 e. The number of rotatable bonds is 18. The summed E-state index contributed by atoms with van der Waals surface area (Å²) in [6, 6.07) is 20.3. The van der Waals surface area contributed by atoms with Crippen LogP contribution in [0.5, 0.6) is 5.75 Å². The van der Waals surface area contributed by atoms with E-state index in [1.165, 1.54) is 7.11 Å². The molecule has 3 atom stereocenters. The third-order valence-electron chi connectivity index (χ3n) is 7.98. The molecule has 0 spiro atoms. The fourth-order valence-corrected chi connectivity index (χ4v) is 5.20. The smallest absolute Gasteiger partial charge is 0.408 e. The van der Waals surface area contributed by atoms with Gasteiger partial charge in [-0.3, -0.25) is 19.3 Å². The first-order valence-corrected chi connectivity index (χ1v) is 16.1. The number of hydrogen-bond donors (Lipinski definition) is 3. The van der Waals surface area contributed by atoms with Gasteiger partial charge in [0.25, 0.3) is 5.91 Å². The van der Waals surface area contributed by atoms with Gasteiger partial charge in [0.05, 0.1) is 18.7 Å². The Hall–Kier alpha value is -4.84. The Labute approximate surface area is 285 Å². The van der Waals surface area contributed by atoms with Crippen molar-refractivity contribution in [1.82, 2.24) is 15.5 Å². The van der Waals surface area contributed by atoms with Crippen LogP contribution in [-0.4, -0.2) is 71.5 Å². The van der Waals surface area contributed by atoms with Crippen molar-refractivity contribution in [3.8, 4) is 5.75 Å². The third kappa shape index (κ3) is 11.1. The summed E-state index contributed by atoms with van der Waals surface area (Å²) < 4.78 is 42.2. The van der Waals surface area contributed by atoms with E-state index in [0.717, 1.165) is 10.5 Å². The van der Waals surface area contributed by atoms with Crippen LogP contribution in [0.25, 0.3) is 0 Å². The SMILES string of the molecule is COC[C@H](NC(=O)C(F)(F)C(=O)[C@H](Cc1ccc(OCc2ccccc2)cc1)NC(=O)[C@H](C(C)C)N(Cc1ccccc1)C(=O)O)C(C)C. The number of alkyl halides is 2. The van der Waals surface area contributed by atoms with Gasteiger partial charge < -0.3 is 25.2 Å². The summed E-state index contributed by atoms with van der Waals surface area (Å²) in [5, 5.41) is 14.7. The van der Waals surface area contributed by atoms with Crippen molar-refractivity contribution in [3.63, 3.8) is 0 Å². The van der Waals surface area contributed by atoms with Crippen LogP contribution in [-0.2, 0) is 38.7 Å². The van der Waals surface area contributed by atoms with Crippen molar-refractivity contribution < 1.29 is 42.5 Å². The topological polar surface area (TPSA) is 134 Å². The Morgan fingerprint density at radius 1 is 0.796 bits per heavy atom. The molecule has 12 heteroatoms. The lowest BCUT2D eigenvalue weighted by molar-refractivity contribution is -0.161. The van der Waals surface area contributed by atoms with Crippen molar-refractivity contribution in [1.29, 1.82) is 0 Å². The number of hydrogen-bond acceptors (Lipinski definition) is 6. The standard InChI is InChI=1S/C37H45F2N3O7/c1-24(2)31(23-48-5)41-35(45)37(38,39)33(43)30(20-26-16-18-29(19-17-26)49-22-28-14-10-7-11-15-28)40-34(44)32(25(3)4)42(36(46)47)21-27-12-8-6-9-13-27/h6-19,24-25,30-32H,20-23H2,1-5H3,(H,40,44)(H,41,45)(H,46,47)/t30-,31-,32-/m0/s1. The molecule has 0 fully saturated rings. The van der Waals surface area contributed by atoms with E-state index in [9.17, 15) is 24.3 Å². The molecule has 0 aliphatic heterocycles. The van der Waals surface area contributed by atoms with Gasteiger partial charge in [-0.05, 0) is 40.7 Å². The molecule has 0 saturated heterocycles. The first kappa shape index (κ1) is 38.6. The predicted molar refractivity (Wildman–Crippen MR) is 180 cm³/mol. The molecular weight excluding hydrogens is 636 g/mol. The molecule has 0 bridgehead atoms. The minimum atomic E-state index is -4.54. The molecule has 49 heavy (non-hydrogen) atoms. The molecule has 264 valence electrons. The number of carboxylic acid groups (broad SMARTS) is 1. The van der Waals surface area contributed by atoms with Crippen molar-refractivity contribution in [3.05, 3.63) is 102 Å². The van der Waals surface area contributed by atoms with E-state index in [1.807, 2.05) is 30.3 Å². The third-order valence-corrected chi connectivity index (χ3v) is 7.98. The lowest BCUT2D eigenvalue weighted by atomic mass is 9.95. The van der Waals surface area contributed by atoms with Crippen LogP contribution in [0, 0.1) is 11.8 Å². The molecule has 0 heterocycles. The van der Waals surface area contributed by atoms with E-state index in [4.69, 9.17) is 9.47 Å². The zero-order valence-corrected chi connectivity index (χ0v) is 28.4. The Morgan fingerprint density at radius 2 is 1.37 bits per heavy atom. The van der Waals surface area contributed by atoms with Gasteiger partial charge in [0.15, 0.2) is 0 Å². The van der Waals surface area contributed by atoms with Crippen LogP contribution in [0.2, 0.25) is 0 Å². The van der Waals surface area contributed by atoms with Crippen LogP contribution < -0.4 is 15.4 Å². The van der Waals surface area contributed by atoms with Gasteiger partial charge in [-0.1, -0.05) is 100 Å². The average molecular weight is 682 g/mol. The number of nitrogens with zero attached hydrogens (tertiary/aromatic N) is 1. The number of ketones is 1. The van der Waals surface area contributed by atoms with Gasteiger partial charge in [0, 0.05) is 20.1 Å². The number of ether oxygens (including phenoxy) is 2. The second-order valence-electron chi connectivity index (χ2n) is 12.5. The summed E-state index contributed by atoms with van der Waals surface area (Å²) in [5.74, 6) is -9.57. The van der Waals surface area contributed by atoms with Crippen LogP contribution in [0.15, 0.2) is 84.9 Å². The minimum absolute atomic E-state index is 0.0605. The van der Waals surface area contributed by atoms with Crippen molar-refractivity contribution in [2.75, 3.05) is 13.7 Å². The van der Waals surface area contributed by atoms with E-state index in [-0.39, 0.29) is 19.1 Å². The molecule has 10 nitrogen and oxygen atoms in total. The monoisotopic (exact) mass is 681 g/mol. The fraction of sp³-hybridized carbons (Fsp3) is 0.405. The molecule has 3 aromatic rings. The van der Waals surface area contributed by atoms with Gasteiger partial charge >= 0.3 is 12.0 Å². The number of halogens is 2. The second-order valence-corrected chi connectivity index (χ2v) is 12.5. The zero-order valence-electron chi connectivity index (χ0n) is 28.4. The van der Waals surface area contributed by atoms with Crippen molar-refractivity contribution in [2.24, 2.45) is 11.8 Å². The number of amides is 3. The lowest BCUT2D eigenvalue weighted by Crippen LogP contribution is -2.60. The molecule has 3 rings (SSSR count). The van der Waals surface area contributed by atoms with E-state index < -0.39 is 60.1 Å². The number of benzene rings is 3. The summed E-state index contributed by atoms with van der Waals surface area (Å²) in [6.07, 6.45) is -1.82. The number of carbonyl (C=O) groups excluding carboxylic acids is 3. The number of carbonyl (C=O) groups is 4. The second kappa shape index (κ2) is 18.1. The van der Waals surface area contributed by atoms with Crippen molar-refractivity contribution in [2.45, 2.75) is 71.3 Å². The highest BCUT2D eigenvalue weighted by Crippen LogP contribution is 2.23. The first-order chi connectivity index (χ1) is 23.2. The molecule has 0 aliphatic carbocycles. The Balaban J connectivity index is 1.91. The molecule has 3 N–H and O–H groups in total. The molecule has 0 aromatic heterocycles. The number of nitrogens with one attached hydrogen (secondary N) is 2. The highest BCUT2D eigenvalue weighted by atomic mass is 19.3. The number of methoxy groups -OCH3 is 1. The van der Waals surface area contributed by atoms with E-state index in [1.54, 1.807) is 82.3 Å². The van der Waals surface area contributed by atoms with Gasteiger partial charge in [-0.25, -0.2) is 4.79 Å². The van der Waals surface area contributed by atoms with Gasteiger partial charge in [-0.15, -0.1) is 0 Å². The zero-order chi connectivity index (χ0) is 36.1. The molecule has 0 saturated carbocycles. The summed E-state index contributed by atoms with van der Waals surface area (Å²) in [6.45, 7) is 6.70. The van der Waals surface area contributed by atoms with Crippen LogP contribution in [0.1, 0.15) is 44.4 Å². The Bertz CT molecular complexity index is 1520.